The van der Waals surface area contributed by atoms with Gasteiger partial charge in [-0.05, 0) is 25.0 Å². The van der Waals surface area contributed by atoms with Crippen LogP contribution < -0.4 is 0 Å². The van der Waals surface area contributed by atoms with Crippen LogP contribution in [0.3, 0.4) is 0 Å². The van der Waals surface area contributed by atoms with Crippen LogP contribution in [0, 0.1) is 0 Å². The SMILES string of the molecule is CCN1C(=O)CC(C)(O)C1(C(=O)OCc1ccccc1)C(=O)OCc1ccccc1. The van der Waals surface area contributed by atoms with Crippen molar-refractivity contribution in [2.45, 2.75) is 44.6 Å². The van der Waals surface area contributed by atoms with Gasteiger partial charge in [-0.2, -0.15) is 0 Å². The second-order valence-corrected chi connectivity index (χ2v) is 7.42. The molecule has 1 fully saturated rings. The maximum Gasteiger partial charge on any atom is 0.347 e. The van der Waals surface area contributed by atoms with E-state index < -0.39 is 29.0 Å². The summed E-state index contributed by atoms with van der Waals surface area (Å²) >= 11 is 0. The molecule has 1 aliphatic heterocycles. The first-order valence-corrected chi connectivity index (χ1v) is 9.78. The molecule has 2 aromatic carbocycles. The second kappa shape index (κ2) is 8.67. The fraction of sp³-hybridized carbons (Fsp3) is 0.348. The Kier molecular flexibility index (Phi) is 6.22. The van der Waals surface area contributed by atoms with Gasteiger partial charge in [-0.3, -0.25) is 4.79 Å². The van der Waals surface area contributed by atoms with Crippen molar-refractivity contribution in [2.24, 2.45) is 0 Å². The molecule has 1 heterocycles. The van der Waals surface area contributed by atoms with Gasteiger partial charge >= 0.3 is 11.9 Å². The van der Waals surface area contributed by atoms with E-state index in [-0.39, 0.29) is 26.2 Å². The third-order valence-electron chi connectivity index (χ3n) is 5.31. The summed E-state index contributed by atoms with van der Waals surface area (Å²) in [4.78, 5) is 40.1. The highest BCUT2D eigenvalue weighted by Gasteiger charge is 2.71. The van der Waals surface area contributed by atoms with Crippen molar-refractivity contribution in [3.63, 3.8) is 0 Å². The number of carbonyl (C=O) groups is 3. The molecule has 0 aliphatic carbocycles. The third kappa shape index (κ3) is 3.80. The van der Waals surface area contributed by atoms with E-state index in [9.17, 15) is 19.5 Å². The van der Waals surface area contributed by atoms with Crippen LogP contribution in [0.4, 0.5) is 0 Å². The second-order valence-electron chi connectivity index (χ2n) is 7.42. The Hall–Kier alpha value is -3.19. The van der Waals surface area contributed by atoms with Crippen LogP contribution >= 0.6 is 0 Å². The topological polar surface area (TPSA) is 93.1 Å². The van der Waals surface area contributed by atoms with Crippen LogP contribution in [0.25, 0.3) is 0 Å². The minimum Gasteiger partial charge on any atom is -0.459 e. The number of hydrogen-bond donors (Lipinski definition) is 1. The van der Waals surface area contributed by atoms with Gasteiger partial charge in [0, 0.05) is 6.54 Å². The molecule has 30 heavy (non-hydrogen) atoms. The van der Waals surface area contributed by atoms with E-state index in [2.05, 4.69) is 0 Å². The molecule has 1 unspecified atom stereocenters. The zero-order valence-corrected chi connectivity index (χ0v) is 17.0. The zero-order chi connectivity index (χ0) is 21.8. The average molecular weight is 411 g/mol. The van der Waals surface area contributed by atoms with E-state index in [0.29, 0.717) is 11.1 Å². The number of esters is 2. The highest BCUT2D eigenvalue weighted by atomic mass is 16.6. The van der Waals surface area contributed by atoms with Gasteiger partial charge < -0.3 is 19.5 Å². The van der Waals surface area contributed by atoms with Gasteiger partial charge in [-0.25, -0.2) is 9.59 Å². The molecule has 1 saturated heterocycles. The fourth-order valence-corrected chi connectivity index (χ4v) is 3.81. The Labute approximate surface area is 175 Å². The van der Waals surface area contributed by atoms with Crippen LogP contribution in [0.2, 0.25) is 0 Å². The predicted octanol–water partition coefficient (Wildman–Crippen LogP) is 2.22. The van der Waals surface area contributed by atoms with E-state index in [1.807, 2.05) is 12.1 Å². The molecule has 0 saturated carbocycles. The molecule has 1 N–H and O–H groups in total. The Balaban J connectivity index is 1.90. The maximum atomic E-state index is 13.2. The van der Waals surface area contributed by atoms with E-state index in [1.54, 1.807) is 55.5 Å². The minimum absolute atomic E-state index is 0.0376. The van der Waals surface area contributed by atoms with Gasteiger partial charge in [-0.15, -0.1) is 0 Å². The predicted molar refractivity (Wildman–Crippen MR) is 108 cm³/mol. The smallest absolute Gasteiger partial charge is 0.347 e. The van der Waals surface area contributed by atoms with Gasteiger partial charge in [0.25, 0.3) is 5.54 Å². The fourth-order valence-electron chi connectivity index (χ4n) is 3.81. The molecule has 3 rings (SSSR count). The van der Waals surface area contributed by atoms with Crippen molar-refractivity contribution in [3.05, 3.63) is 71.8 Å². The number of likely N-dealkylation sites (tertiary alicyclic amines) is 1. The molecule has 0 bridgehead atoms. The Morgan fingerprint density at radius 1 is 0.933 bits per heavy atom. The molecule has 7 heteroatoms. The van der Waals surface area contributed by atoms with Gasteiger partial charge in [0.1, 0.15) is 18.8 Å². The molecule has 0 spiro atoms. The largest absolute Gasteiger partial charge is 0.459 e. The van der Waals surface area contributed by atoms with E-state index >= 15 is 0 Å². The number of amides is 1. The normalized spacial score (nSPS) is 20.1. The monoisotopic (exact) mass is 411 g/mol. The number of carbonyl (C=O) groups excluding carboxylic acids is 3. The van der Waals surface area contributed by atoms with Crippen LogP contribution in [0.5, 0.6) is 0 Å². The lowest BCUT2D eigenvalue weighted by molar-refractivity contribution is -0.190. The molecule has 0 aromatic heterocycles. The van der Waals surface area contributed by atoms with Gasteiger partial charge in [0.2, 0.25) is 5.91 Å². The summed E-state index contributed by atoms with van der Waals surface area (Å²) in [6, 6.07) is 17.9. The summed E-state index contributed by atoms with van der Waals surface area (Å²) in [7, 11) is 0. The molecule has 1 amide bonds. The van der Waals surface area contributed by atoms with Gasteiger partial charge in [-0.1, -0.05) is 60.7 Å². The Morgan fingerprint density at radius 3 is 1.77 bits per heavy atom. The van der Waals surface area contributed by atoms with E-state index in [1.165, 1.54) is 6.92 Å². The zero-order valence-electron chi connectivity index (χ0n) is 17.0. The van der Waals surface area contributed by atoms with Crippen molar-refractivity contribution in [2.75, 3.05) is 6.54 Å². The first-order valence-electron chi connectivity index (χ1n) is 9.78. The van der Waals surface area contributed by atoms with Crippen molar-refractivity contribution >= 4 is 17.8 Å². The molecule has 158 valence electrons. The summed E-state index contributed by atoms with van der Waals surface area (Å²) in [6.45, 7) is 2.75. The van der Waals surface area contributed by atoms with Gasteiger partial charge in [0.05, 0.1) is 6.42 Å². The number of nitrogens with zero attached hydrogens (tertiary/aromatic N) is 1. The number of benzene rings is 2. The number of likely N-dealkylation sites (N-methyl/N-ethyl adjacent to an activating group) is 1. The lowest BCUT2D eigenvalue weighted by Crippen LogP contribution is -2.68. The average Bonchev–Trinajstić information content (AvgIpc) is 2.96. The van der Waals surface area contributed by atoms with Crippen LogP contribution in [-0.4, -0.2) is 45.5 Å². The first kappa shape index (κ1) is 21.5. The number of hydrogen-bond acceptors (Lipinski definition) is 6. The number of rotatable bonds is 7. The van der Waals surface area contributed by atoms with Crippen molar-refractivity contribution in [3.8, 4) is 0 Å². The summed E-state index contributed by atoms with van der Waals surface area (Å²) in [5, 5.41) is 11.0. The van der Waals surface area contributed by atoms with E-state index in [0.717, 1.165) is 4.90 Å². The molecular weight excluding hydrogens is 386 g/mol. The highest BCUT2D eigenvalue weighted by Crippen LogP contribution is 2.41. The first-order chi connectivity index (χ1) is 14.3. The highest BCUT2D eigenvalue weighted by molar-refractivity contribution is 6.12. The summed E-state index contributed by atoms with van der Waals surface area (Å²) in [6.07, 6.45) is -0.387. The molecular formula is C23H25NO6. The quantitative estimate of drug-likeness (QED) is 0.555. The molecule has 0 radical (unpaired) electrons. The third-order valence-corrected chi connectivity index (χ3v) is 5.31. The van der Waals surface area contributed by atoms with Gasteiger partial charge in [0.15, 0.2) is 0 Å². The van der Waals surface area contributed by atoms with Crippen LogP contribution in [0.15, 0.2) is 60.7 Å². The molecule has 2 aromatic rings. The molecule has 7 nitrogen and oxygen atoms in total. The lowest BCUT2D eigenvalue weighted by Gasteiger charge is -2.39. The minimum atomic E-state index is -2.28. The van der Waals surface area contributed by atoms with Crippen molar-refractivity contribution in [1.82, 2.24) is 4.90 Å². The molecule has 1 atom stereocenters. The standard InChI is InChI=1S/C23H25NO6/c1-3-24-19(25)14-22(2,28)23(24,20(26)29-15-17-10-6-4-7-11-17)21(27)30-16-18-12-8-5-9-13-18/h4-13,28H,3,14-16H2,1-2H3. The summed E-state index contributed by atoms with van der Waals surface area (Å²) < 4.78 is 10.8. The van der Waals surface area contributed by atoms with Crippen LogP contribution in [-0.2, 0) is 37.1 Å². The van der Waals surface area contributed by atoms with Crippen molar-refractivity contribution < 1.29 is 29.0 Å². The maximum absolute atomic E-state index is 13.2. The summed E-state index contributed by atoms with van der Waals surface area (Å²) in [5.41, 5.74) is -2.83. The summed E-state index contributed by atoms with van der Waals surface area (Å²) in [5.74, 6) is -2.54. The van der Waals surface area contributed by atoms with Crippen molar-refractivity contribution in [1.29, 1.82) is 0 Å². The Morgan fingerprint density at radius 2 is 1.37 bits per heavy atom. The molecule has 1 aliphatic rings. The number of ether oxygens (including phenoxy) is 2. The van der Waals surface area contributed by atoms with E-state index in [4.69, 9.17) is 9.47 Å². The Bertz CT molecular complexity index is 854. The van der Waals surface area contributed by atoms with Crippen LogP contribution in [0.1, 0.15) is 31.4 Å². The lowest BCUT2D eigenvalue weighted by atomic mass is 9.81. The number of aliphatic hydroxyl groups is 1.